The molecule has 0 bridgehead atoms. The molecule has 1 N–H and O–H groups in total. The third-order valence-corrected chi connectivity index (χ3v) is 4.99. The summed E-state index contributed by atoms with van der Waals surface area (Å²) in [6.45, 7) is 6.29. The van der Waals surface area contributed by atoms with Crippen molar-refractivity contribution in [2.45, 2.75) is 13.5 Å². The van der Waals surface area contributed by atoms with Gasteiger partial charge in [-0.2, -0.15) is 0 Å². The number of piperazine rings is 1. The zero-order chi connectivity index (χ0) is 19.9. The van der Waals surface area contributed by atoms with E-state index in [4.69, 9.17) is 0 Å². The van der Waals surface area contributed by atoms with E-state index in [0.717, 1.165) is 38.3 Å². The molecule has 0 atom stereocenters. The summed E-state index contributed by atoms with van der Waals surface area (Å²) in [5.41, 5.74) is 4.11. The van der Waals surface area contributed by atoms with E-state index in [-0.39, 0.29) is 11.8 Å². The monoisotopic (exact) mass is 377 g/mol. The van der Waals surface area contributed by atoms with E-state index >= 15 is 0 Å². The molecule has 0 saturated carbocycles. The van der Waals surface area contributed by atoms with Gasteiger partial charge in [-0.05, 0) is 36.3 Å². The number of rotatable bonds is 5. The summed E-state index contributed by atoms with van der Waals surface area (Å²) in [5.74, 6) is -0.0827. The van der Waals surface area contributed by atoms with Gasteiger partial charge in [0.1, 0.15) is 0 Å². The number of carbonyl (C=O) groups excluding carboxylic acids is 2. The molecule has 28 heavy (non-hydrogen) atoms. The van der Waals surface area contributed by atoms with Crippen molar-refractivity contribution >= 4 is 17.9 Å². The molecule has 146 valence electrons. The van der Waals surface area contributed by atoms with Crippen LogP contribution in [0.3, 0.4) is 0 Å². The minimum atomic E-state index is -0.116. The lowest BCUT2D eigenvalue weighted by molar-refractivity contribution is -0.127. The highest BCUT2D eigenvalue weighted by molar-refractivity contribution is 5.94. The Bertz CT molecular complexity index is 850. The molecular weight excluding hydrogens is 350 g/mol. The van der Waals surface area contributed by atoms with Crippen LogP contribution >= 0.6 is 0 Å². The number of hydrogen-bond acceptors (Lipinski definition) is 3. The summed E-state index contributed by atoms with van der Waals surface area (Å²) in [4.78, 5) is 28.3. The average molecular weight is 377 g/mol. The van der Waals surface area contributed by atoms with Crippen molar-refractivity contribution in [1.82, 2.24) is 15.1 Å². The van der Waals surface area contributed by atoms with Crippen molar-refractivity contribution in [1.29, 1.82) is 0 Å². The van der Waals surface area contributed by atoms with Gasteiger partial charge in [0.15, 0.2) is 0 Å². The lowest BCUT2D eigenvalue weighted by atomic mass is 10.1. The van der Waals surface area contributed by atoms with E-state index in [1.807, 2.05) is 17.0 Å². The second kappa shape index (κ2) is 9.33. The van der Waals surface area contributed by atoms with Gasteiger partial charge in [-0.1, -0.05) is 42.0 Å². The second-order valence-corrected chi connectivity index (χ2v) is 7.12. The number of amides is 2. The van der Waals surface area contributed by atoms with E-state index in [1.165, 1.54) is 11.1 Å². The zero-order valence-corrected chi connectivity index (χ0v) is 16.5. The lowest BCUT2D eigenvalue weighted by Crippen LogP contribution is -2.47. The first-order chi connectivity index (χ1) is 13.5. The van der Waals surface area contributed by atoms with Crippen LogP contribution in [0.4, 0.5) is 0 Å². The Morgan fingerprint density at radius 3 is 2.39 bits per heavy atom. The highest BCUT2D eigenvalue weighted by atomic mass is 16.2. The normalized spacial score (nSPS) is 15.0. The maximum absolute atomic E-state index is 12.5. The van der Waals surface area contributed by atoms with Gasteiger partial charge in [-0.3, -0.25) is 14.5 Å². The number of hydrogen-bond donors (Lipinski definition) is 1. The van der Waals surface area contributed by atoms with Crippen LogP contribution in [0.15, 0.2) is 54.6 Å². The molecule has 5 heteroatoms. The fourth-order valence-electron chi connectivity index (χ4n) is 3.36. The van der Waals surface area contributed by atoms with Gasteiger partial charge >= 0.3 is 0 Å². The summed E-state index contributed by atoms with van der Waals surface area (Å²) in [5, 5.41) is 2.59. The molecular formula is C23H27N3O2. The zero-order valence-electron chi connectivity index (χ0n) is 16.5. The van der Waals surface area contributed by atoms with E-state index in [2.05, 4.69) is 41.4 Å². The fraction of sp³-hybridized carbons (Fsp3) is 0.304. The van der Waals surface area contributed by atoms with Crippen molar-refractivity contribution in [3.63, 3.8) is 0 Å². The largest absolute Gasteiger partial charge is 0.355 e. The quantitative estimate of drug-likeness (QED) is 0.815. The van der Waals surface area contributed by atoms with Crippen LogP contribution in [0.25, 0.3) is 6.08 Å². The predicted octanol–water partition coefficient (Wildman–Crippen LogP) is 2.71. The molecule has 5 nitrogen and oxygen atoms in total. The molecule has 2 aromatic rings. The maximum Gasteiger partial charge on any atom is 0.251 e. The second-order valence-electron chi connectivity index (χ2n) is 7.12. The standard InChI is InChI=1S/C23H27N3O2/c1-18-4-3-5-20(16-18)17-25-12-14-26(15-13-25)22(27)11-8-19-6-9-21(10-7-19)23(28)24-2/h3-11,16H,12-15,17H2,1-2H3,(H,24,28). The molecule has 0 spiro atoms. The first-order valence-corrected chi connectivity index (χ1v) is 9.62. The Hall–Kier alpha value is -2.92. The lowest BCUT2D eigenvalue weighted by Gasteiger charge is -2.34. The number of benzene rings is 2. The molecule has 0 unspecified atom stereocenters. The van der Waals surface area contributed by atoms with E-state index in [1.54, 1.807) is 31.3 Å². The SMILES string of the molecule is CNC(=O)c1ccc(C=CC(=O)N2CCN(Cc3cccc(C)c3)CC2)cc1. The minimum absolute atomic E-state index is 0.0329. The molecule has 1 fully saturated rings. The molecule has 0 aromatic heterocycles. The van der Waals surface area contributed by atoms with Crippen molar-refractivity contribution < 1.29 is 9.59 Å². The van der Waals surface area contributed by atoms with Crippen LogP contribution in [-0.4, -0.2) is 54.8 Å². The van der Waals surface area contributed by atoms with E-state index < -0.39 is 0 Å². The van der Waals surface area contributed by atoms with Gasteiger partial charge in [0, 0.05) is 51.4 Å². The van der Waals surface area contributed by atoms with Crippen molar-refractivity contribution in [3.8, 4) is 0 Å². The molecule has 1 heterocycles. The Morgan fingerprint density at radius 1 is 1.04 bits per heavy atom. The van der Waals surface area contributed by atoms with Crippen molar-refractivity contribution in [2.75, 3.05) is 33.2 Å². The van der Waals surface area contributed by atoms with Crippen LogP contribution < -0.4 is 5.32 Å². The van der Waals surface area contributed by atoms with E-state index in [0.29, 0.717) is 5.56 Å². The minimum Gasteiger partial charge on any atom is -0.355 e. The third kappa shape index (κ3) is 5.30. The van der Waals surface area contributed by atoms with Crippen LogP contribution in [-0.2, 0) is 11.3 Å². The summed E-state index contributed by atoms with van der Waals surface area (Å²) >= 11 is 0. The predicted molar refractivity (Wildman–Crippen MR) is 112 cm³/mol. The molecule has 2 aromatic carbocycles. The number of nitrogens with zero attached hydrogens (tertiary/aromatic N) is 2. The summed E-state index contributed by atoms with van der Waals surface area (Å²) in [6.07, 6.45) is 3.42. The molecule has 1 aliphatic rings. The molecule has 1 saturated heterocycles. The van der Waals surface area contributed by atoms with E-state index in [9.17, 15) is 9.59 Å². The van der Waals surface area contributed by atoms with Gasteiger partial charge in [0.05, 0.1) is 0 Å². The first kappa shape index (κ1) is 19.8. The van der Waals surface area contributed by atoms with Gasteiger partial charge in [-0.25, -0.2) is 0 Å². The van der Waals surface area contributed by atoms with Crippen LogP contribution in [0.1, 0.15) is 27.0 Å². The van der Waals surface area contributed by atoms with Crippen LogP contribution in [0.2, 0.25) is 0 Å². The van der Waals surface area contributed by atoms with Gasteiger partial charge < -0.3 is 10.2 Å². The summed E-state index contributed by atoms with van der Waals surface area (Å²) < 4.78 is 0. The Morgan fingerprint density at radius 2 is 1.75 bits per heavy atom. The fourth-order valence-corrected chi connectivity index (χ4v) is 3.36. The highest BCUT2D eigenvalue weighted by Crippen LogP contribution is 2.11. The molecule has 0 radical (unpaired) electrons. The van der Waals surface area contributed by atoms with Gasteiger partial charge in [0.25, 0.3) is 5.91 Å². The molecule has 2 amide bonds. The average Bonchev–Trinajstić information content (AvgIpc) is 2.72. The molecule has 3 rings (SSSR count). The maximum atomic E-state index is 12.5. The smallest absolute Gasteiger partial charge is 0.251 e. The number of carbonyl (C=O) groups is 2. The Labute approximate surface area is 166 Å². The number of aryl methyl sites for hydroxylation is 1. The Balaban J connectivity index is 1.49. The molecule has 0 aliphatic carbocycles. The van der Waals surface area contributed by atoms with Crippen LogP contribution in [0, 0.1) is 6.92 Å². The van der Waals surface area contributed by atoms with Crippen molar-refractivity contribution in [3.05, 3.63) is 76.9 Å². The Kier molecular flexibility index (Phi) is 6.61. The van der Waals surface area contributed by atoms with Gasteiger partial charge in [-0.15, -0.1) is 0 Å². The summed E-state index contributed by atoms with van der Waals surface area (Å²) in [6, 6.07) is 15.8. The van der Waals surface area contributed by atoms with Crippen LogP contribution in [0.5, 0.6) is 0 Å². The van der Waals surface area contributed by atoms with Crippen molar-refractivity contribution in [2.24, 2.45) is 0 Å². The third-order valence-electron chi connectivity index (χ3n) is 4.99. The molecule has 1 aliphatic heterocycles. The first-order valence-electron chi connectivity index (χ1n) is 9.62. The highest BCUT2D eigenvalue weighted by Gasteiger charge is 2.19. The summed E-state index contributed by atoms with van der Waals surface area (Å²) in [7, 11) is 1.61. The topological polar surface area (TPSA) is 52.7 Å². The number of nitrogens with one attached hydrogen (secondary N) is 1. The van der Waals surface area contributed by atoms with Gasteiger partial charge in [0.2, 0.25) is 5.91 Å².